The first-order chi connectivity index (χ1) is 10.0. The van der Waals surface area contributed by atoms with Crippen LogP contribution < -0.4 is 0 Å². The number of carboxylic acid groups (broad SMARTS) is 1. The number of aryl methyl sites for hydroxylation is 1. The van der Waals surface area contributed by atoms with Crippen LogP contribution in [-0.2, 0) is 6.54 Å². The summed E-state index contributed by atoms with van der Waals surface area (Å²) in [5.74, 6) is -1.26. The molecule has 0 saturated carbocycles. The Morgan fingerprint density at radius 1 is 1.48 bits per heavy atom. The van der Waals surface area contributed by atoms with Gasteiger partial charge in [0.15, 0.2) is 5.69 Å². The Bertz CT molecular complexity index is 679. The van der Waals surface area contributed by atoms with E-state index in [1.807, 2.05) is 6.07 Å². The summed E-state index contributed by atoms with van der Waals surface area (Å²) in [6.07, 6.45) is 1.45. The maximum atomic E-state index is 13.2. The summed E-state index contributed by atoms with van der Waals surface area (Å²) in [6.45, 7) is 4.05. The second-order valence-corrected chi connectivity index (χ2v) is 5.32. The number of halogens is 1. The molecule has 2 aromatic rings. The molecule has 0 unspecified atom stereocenters. The van der Waals surface area contributed by atoms with Gasteiger partial charge >= 0.3 is 5.97 Å². The van der Waals surface area contributed by atoms with Gasteiger partial charge in [0.05, 0.1) is 12.2 Å². The van der Waals surface area contributed by atoms with Crippen molar-refractivity contribution in [2.45, 2.75) is 19.5 Å². The van der Waals surface area contributed by atoms with Crippen molar-refractivity contribution in [3.05, 3.63) is 47.0 Å². The van der Waals surface area contributed by atoms with E-state index in [4.69, 9.17) is 5.11 Å². The fraction of sp³-hybridized carbons (Fsp3) is 0.357. The first kappa shape index (κ1) is 13.7. The average molecular weight is 290 g/mol. The quantitative estimate of drug-likeness (QED) is 0.923. The lowest BCUT2D eigenvalue weighted by atomic mass is 10.1. The van der Waals surface area contributed by atoms with E-state index in [-0.39, 0.29) is 17.6 Å². The van der Waals surface area contributed by atoms with E-state index in [0.717, 1.165) is 25.2 Å². The molecule has 1 aliphatic heterocycles. The van der Waals surface area contributed by atoms with Crippen LogP contribution in [0.5, 0.6) is 0 Å². The molecule has 1 saturated heterocycles. The van der Waals surface area contributed by atoms with Gasteiger partial charge in [0, 0.05) is 19.6 Å². The van der Waals surface area contributed by atoms with Gasteiger partial charge in [0.25, 0.3) is 0 Å². The van der Waals surface area contributed by atoms with Gasteiger partial charge in [-0.05, 0) is 24.1 Å². The minimum Gasteiger partial charge on any atom is -0.476 e. The number of aromatic carboxylic acids is 1. The van der Waals surface area contributed by atoms with Crippen LogP contribution in [-0.4, -0.2) is 44.1 Å². The Morgan fingerprint density at radius 2 is 2.24 bits per heavy atom. The zero-order valence-corrected chi connectivity index (χ0v) is 11.5. The molecule has 0 atom stereocenters. The first-order valence-electron chi connectivity index (χ1n) is 6.65. The standard InChI is InChI=1S/C14H15FN4O2/c1-9-4-10(2-3-12(9)15)5-18-6-11(7-18)19-8-13(14(20)21)16-17-19/h2-4,8,11H,5-7H2,1H3,(H,20,21). The molecule has 21 heavy (non-hydrogen) atoms. The van der Waals surface area contributed by atoms with Crippen molar-refractivity contribution in [3.63, 3.8) is 0 Å². The smallest absolute Gasteiger partial charge is 0.358 e. The summed E-state index contributed by atoms with van der Waals surface area (Å²) in [5.41, 5.74) is 1.67. The predicted molar refractivity (Wildman–Crippen MR) is 72.4 cm³/mol. The third-order valence-corrected chi connectivity index (χ3v) is 3.67. The second-order valence-electron chi connectivity index (χ2n) is 5.32. The molecule has 0 aliphatic carbocycles. The highest BCUT2D eigenvalue weighted by Gasteiger charge is 2.29. The first-order valence-corrected chi connectivity index (χ1v) is 6.65. The maximum absolute atomic E-state index is 13.2. The van der Waals surface area contributed by atoms with Crippen LogP contribution in [0.4, 0.5) is 4.39 Å². The Morgan fingerprint density at radius 3 is 2.86 bits per heavy atom. The topological polar surface area (TPSA) is 71.2 Å². The van der Waals surface area contributed by atoms with Crippen molar-refractivity contribution in [3.8, 4) is 0 Å². The fourth-order valence-corrected chi connectivity index (χ4v) is 2.46. The number of rotatable bonds is 4. The molecule has 1 fully saturated rings. The van der Waals surface area contributed by atoms with Gasteiger partial charge < -0.3 is 5.11 Å². The van der Waals surface area contributed by atoms with Crippen molar-refractivity contribution >= 4 is 5.97 Å². The molecule has 1 aromatic carbocycles. The molecule has 3 rings (SSSR count). The lowest BCUT2D eigenvalue weighted by Gasteiger charge is -2.38. The van der Waals surface area contributed by atoms with Crippen LogP contribution in [0.15, 0.2) is 24.4 Å². The van der Waals surface area contributed by atoms with Crippen molar-refractivity contribution in [1.29, 1.82) is 0 Å². The molecule has 0 bridgehead atoms. The van der Waals surface area contributed by atoms with Gasteiger partial charge in [-0.3, -0.25) is 4.90 Å². The van der Waals surface area contributed by atoms with E-state index in [1.165, 1.54) is 12.3 Å². The summed E-state index contributed by atoms with van der Waals surface area (Å²) >= 11 is 0. The zero-order valence-electron chi connectivity index (χ0n) is 11.5. The summed E-state index contributed by atoms with van der Waals surface area (Å²) in [4.78, 5) is 12.9. The van der Waals surface area contributed by atoms with Crippen LogP contribution in [0.2, 0.25) is 0 Å². The number of aromatic nitrogens is 3. The molecule has 0 radical (unpaired) electrons. The molecule has 6 nitrogen and oxygen atoms in total. The highest BCUT2D eigenvalue weighted by molar-refractivity contribution is 5.84. The number of hydrogen-bond acceptors (Lipinski definition) is 4. The molecular formula is C14H15FN4O2. The zero-order chi connectivity index (χ0) is 15.0. The minimum absolute atomic E-state index is 0.0393. The molecule has 110 valence electrons. The lowest BCUT2D eigenvalue weighted by molar-refractivity contribution is 0.0690. The number of carboxylic acids is 1. The van der Waals surface area contributed by atoms with Crippen molar-refractivity contribution in [2.75, 3.05) is 13.1 Å². The van der Waals surface area contributed by atoms with Crippen LogP contribution in [0.3, 0.4) is 0 Å². The molecule has 1 aromatic heterocycles. The van der Waals surface area contributed by atoms with Crippen LogP contribution >= 0.6 is 0 Å². The van der Waals surface area contributed by atoms with E-state index in [2.05, 4.69) is 15.2 Å². The molecule has 1 aliphatic rings. The molecular weight excluding hydrogens is 275 g/mol. The normalized spacial score (nSPS) is 15.9. The third kappa shape index (κ3) is 2.78. The highest BCUT2D eigenvalue weighted by Crippen LogP contribution is 2.23. The van der Waals surface area contributed by atoms with Gasteiger partial charge in [-0.15, -0.1) is 5.10 Å². The van der Waals surface area contributed by atoms with Gasteiger partial charge in [-0.1, -0.05) is 17.3 Å². The van der Waals surface area contributed by atoms with Gasteiger partial charge in [-0.2, -0.15) is 0 Å². The average Bonchev–Trinajstić information content (AvgIpc) is 2.87. The van der Waals surface area contributed by atoms with E-state index in [9.17, 15) is 9.18 Å². The summed E-state index contributed by atoms with van der Waals surface area (Å²) in [7, 11) is 0. The number of nitrogens with zero attached hydrogens (tertiary/aromatic N) is 4. The monoisotopic (exact) mass is 290 g/mol. The Hall–Kier alpha value is -2.28. The lowest BCUT2D eigenvalue weighted by Crippen LogP contribution is -2.47. The largest absolute Gasteiger partial charge is 0.476 e. The van der Waals surface area contributed by atoms with Gasteiger partial charge in [-0.25, -0.2) is 13.9 Å². The molecule has 0 amide bonds. The SMILES string of the molecule is Cc1cc(CN2CC(n3cc(C(=O)O)nn3)C2)ccc1F. The minimum atomic E-state index is -1.07. The second kappa shape index (κ2) is 5.25. The van der Waals surface area contributed by atoms with Crippen molar-refractivity contribution in [2.24, 2.45) is 0 Å². The fourth-order valence-electron chi connectivity index (χ4n) is 2.46. The van der Waals surface area contributed by atoms with Gasteiger partial charge in [0.2, 0.25) is 0 Å². The van der Waals surface area contributed by atoms with E-state index in [0.29, 0.717) is 5.56 Å². The number of likely N-dealkylation sites (tertiary alicyclic amines) is 1. The number of benzene rings is 1. The number of carbonyl (C=O) groups is 1. The van der Waals surface area contributed by atoms with Crippen molar-refractivity contribution in [1.82, 2.24) is 19.9 Å². The Kier molecular flexibility index (Phi) is 3.42. The van der Waals surface area contributed by atoms with Crippen LogP contribution in [0, 0.1) is 12.7 Å². The summed E-state index contributed by atoms with van der Waals surface area (Å²) < 4.78 is 14.8. The van der Waals surface area contributed by atoms with E-state index < -0.39 is 5.97 Å². The number of hydrogen-bond donors (Lipinski definition) is 1. The van der Waals surface area contributed by atoms with Gasteiger partial charge in [0.1, 0.15) is 5.82 Å². The Labute approximate surface area is 120 Å². The summed E-state index contributed by atoms with van der Waals surface area (Å²) in [5, 5.41) is 16.2. The van der Waals surface area contributed by atoms with Crippen molar-refractivity contribution < 1.29 is 14.3 Å². The third-order valence-electron chi connectivity index (χ3n) is 3.67. The molecule has 1 N–H and O–H groups in total. The molecule has 2 heterocycles. The summed E-state index contributed by atoms with van der Waals surface area (Å²) in [6, 6.07) is 5.26. The Balaban J connectivity index is 1.57. The van der Waals surface area contributed by atoms with E-state index in [1.54, 1.807) is 17.7 Å². The predicted octanol–water partition coefficient (Wildman–Crippen LogP) is 1.48. The highest BCUT2D eigenvalue weighted by atomic mass is 19.1. The molecule has 0 spiro atoms. The van der Waals surface area contributed by atoms with Crippen LogP contribution in [0.1, 0.15) is 27.7 Å². The molecule has 7 heteroatoms. The maximum Gasteiger partial charge on any atom is 0.358 e. The van der Waals surface area contributed by atoms with Crippen LogP contribution in [0.25, 0.3) is 0 Å². The van der Waals surface area contributed by atoms with E-state index >= 15 is 0 Å².